The van der Waals surface area contributed by atoms with Crippen LogP contribution in [0.3, 0.4) is 0 Å². The highest BCUT2D eigenvalue weighted by atomic mass is 35.5. The molecule has 1 atom stereocenters. The number of carbonyl (C=O) groups excluding carboxylic acids is 3. The number of benzene rings is 2. The van der Waals surface area contributed by atoms with Crippen molar-refractivity contribution in [1.82, 2.24) is 5.32 Å². The van der Waals surface area contributed by atoms with Gasteiger partial charge in [-0.2, -0.15) is 16.2 Å². The molecule has 12 heteroatoms. The van der Waals surface area contributed by atoms with Crippen LogP contribution in [0.4, 0.5) is 15.8 Å². The van der Waals surface area contributed by atoms with Crippen LogP contribution >= 0.6 is 23.4 Å². The second kappa shape index (κ2) is 12.0. The van der Waals surface area contributed by atoms with Crippen LogP contribution in [0.1, 0.15) is 16.8 Å². The molecule has 170 valence electrons. The number of ether oxygens (including phenoxy) is 1. The third-order valence-electron chi connectivity index (χ3n) is 4.09. The molecule has 0 fully saturated rings. The van der Waals surface area contributed by atoms with Gasteiger partial charge < -0.3 is 15.4 Å². The number of amides is 2. The molecule has 0 saturated heterocycles. The Morgan fingerprint density at radius 1 is 1.25 bits per heavy atom. The summed E-state index contributed by atoms with van der Waals surface area (Å²) >= 11 is 7.46. The van der Waals surface area contributed by atoms with E-state index < -0.39 is 46.9 Å². The van der Waals surface area contributed by atoms with Crippen molar-refractivity contribution >= 4 is 52.5 Å². The first-order valence-corrected chi connectivity index (χ1v) is 10.9. The zero-order valence-electron chi connectivity index (χ0n) is 16.8. The summed E-state index contributed by atoms with van der Waals surface area (Å²) in [5, 5.41) is 15.8. The Morgan fingerprint density at radius 2 is 1.97 bits per heavy atom. The third-order valence-corrected chi connectivity index (χ3v) is 5.06. The molecular weight excluding hydrogens is 465 g/mol. The molecule has 1 unspecified atom stereocenters. The summed E-state index contributed by atoms with van der Waals surface area (Å²) in [6.45, 7) is -0.707. The molecule has 0 aliphatic rings. The predicted octanol–water partition coefficient (Wildman–Crippen LogP) is 3.42. The lowest BCUT2D eigenvalue weighted by Crippen LogP contribution is -2.43. The molecule has 0 aliphatic carbocycles. The van der Waals surface area contributed by atoms with Gasteiger partial charge in [-0.05, 0) is 42.7 Å². The molecule has 2 N–H and O–H groups in total. The Labute approximate surface area is 191 Å². The van der Waals surface area contributed by atoms with Crippen molar-refractivity contribution in [2.75, 3.05) is 23.9 Å². The summed E-state index contributed by atoms with van der Waals surface area (Å²) in [5.74, 6) is -2.71. The molecular formula is C20H19ClFN3O6S. The Kier molecular flexibility index (Phi) is 9.41. The number of anilines is 1. The largest absolute Gasteiger partial charge is 0.454 e. The van der Waals surface area contributed by atoms with E-state index >= 15 is 0 Å². The molecule has 2 amide bonds. The number of carbonyl (C=O) groups is 3. The van der Waals surface area contributed by atoms with Gasteiger partial charge in [-0.25, -0.2) is 4.79 Å². The Hall–Kier alpha value is -3.18. The van der Waals surface area contributed by atoms with Crippen LogP contribution in [-0.2, 0) is 14.3 Å². The van der Waals surface area contributed by atoms with Crippen molar-refractivity contribution in [3.63, 3.8) is 0 Å². The van der Waals surface area contributed by atoms with E-state index in [0.29, 0.717) is 5.75 Å². The summed E-state index contributed by atoms with van der Waals surface area (Å²) in [4.78, 5) is 46.8. The third kappa shape index (κ3) is 7.20. The lowest BCUT2D eigenvalue weighted by atomic mass is 10.1. The van der Waals surface area contributed by atoms with Gasteiger partial charge in [-0.15, -0.1) is 0 Å². The van der Waals surface area contributed by atoms with E-state index in [1.807, 2.05) is 6.26 Å². The number of esters is 1. The number of thioether (sulfide) groups is 1. The number of nitrogens with one attached hydrogen (secondary N) is 2. The number of rotatable bonds is 10. The van der Waals surface area contributed by atoms with Crippen molar-refractivity contribution in [1.29, 1.82) is 0 Å². The minimum atomic E-state index is -1.05. The van der Waals surface area contributed by atoms with E-state index in [9.17, 15) is 28.9 Å². The lowest BCUT2D eigenvalue weighted by Gasteiger charge is -2.17. The topological polar surface area (TPSA) is 128 Å². The van der Waals surface area contributed by atoms with Crippen molar-refractivity contribution in [3.8, 4) is 0 Å². The molecule has 2 rings (SSSR count). The molecule has 9 nitrogen and oxygen atoms in total. The maximum absolute atomic E-state index is 13.4. The molecule has 32 heavy (non-hydrogen) atoms. The predicted molar refractivity (Wildman–Crippen MR) is 118 cm³/mol. The highest BCUT2D eigenvalue weighted by Crippen LogP contribution is 2.21. The zero-order chi connectivity index (χ0) is 23.7. The molecule has 0 aliphatic heterocycles. The molecule has 0 radical (unpaired) electrons. The van der Waals surface area contributed by atoms with Crippen LogP contribution in [0.15, 0.2) is 42.5 Å². The normalized spacial score (nSPS) is 11.3. The molecule has 0 saturated carbocycles. The van der Waals surface area contributed by atoms with Gasteiger partial charge in [0.25, 0.3) is 11.8 Å². The average molecular weight is 484 g/mol. The van der Waals surface area contributed by atoms with Crippen molar-refractivity contribution in [2.24, 2.45) is 0 Å². The van der Waals surface area contributed by atoms with E-state index in [2.05, 4.69) is 10.6 Å². The fourth-order valence-electron chi connectivity index (χ4n) is 2.53. The first-order chi connectivity index (χ1) is 15.2. The minimum Gasteiger partial charge on any atom is -0.454 e. The summed E-state index contributed by atoms with van der Waals surface area (Å²) < 4.78 is 18.4. The number of hydrogen-bond acceptors (Lipinski definition) is 7. The van der Waals surface area contributed by atoms with Crippen LogP contribution in [0.25, 0.3) is 0 Å². The highest BCUT2D eigenvalue weighted by molar-refractivity contribution is 7.98. The fourth-order valence-corrected chi connectivity index (χ4v) is 3.22. The Balaban J connectivity index is 1.98. The first-order valence-electron chi connectivity index (χ1n) is 9.17. The zero-order valence-corrected chi connectivity index (χ0v) is 18.4. The van der Waals surface area contributed by atoms with E-state index in [0.717, 1.165) is 18.2 Å². The second-order valence-corrected chi connectivity index (χ2v) is 7.76. The van der Waals surface area contributed by atoms with Crippen LogP contribution in [0, 0.1) is 15.9 Å². The summed E-state index contributed by atoms with van der Waals surface area (Å²) in [6, 6.07) is 8.12. The van der Waals surface area contributed by atoms with Gasteiger partial charge in [0.1, 0.15) is 6.04 Å². The van der Waals surface area contributed by atoms with Gasteiger partial charge in [0.15, 0.2) is 6.61 Å². The van der Waals surface area contributed by atoms with Gasteiger partial charge in [0.05, 0.1) is 15.5 Å². The van der Waals surface area contributed by atoms with Crippen LogP contribution < -0.4 is 10.6 Å². The monoisotopic (exact) mass is 483 g/mol. The van der Waals surface area contributed by atoms with E-state index in [-0.39, 0.29) is 22.7 Å². The van der Waals surface area contributed by atoms with Crippen LogP contribution in [-0.4, -0.2) is 47.4 Å². The maximum Gasteiger partial charge on any atom is 0.329 e. The molecule has 2 aromatic carbocycles. The lowest BCUT2D eigenvalue weighted by molar-refractivity contribution is -0.387. The average Bonchev–Trinajstić information content (AvgIpc) is 2.76. The molecule has 0 heterocycles. The van der Waals surface area contributed by atoms with Crippen molar-refractivity contribution in [2.45, 2.75) is 12.5 Å². The van der Waals surface area contributed by atoms with Gasteiger partial charge >= 0.3 is 11.7 Å². The second-order valence-electron chi connectivity index (χ2n) is 6.37. The number of nitro benzene ring substituents is 1. The summed E-state index contributed by atoms with van der Waals surface area (Å²) in [6.07, 6.45) is 2.08. The summed E-state index contributed by atoms with van der Waals surface area (Å²) in [5.41, 5.74) is -0.656. The standard InChI is InChI=1S/C20H19ClFN3O6S/c1-32-9-8-16(24-19(27)13-4-2-3-5-14(13)21)20(28)31-11-18(26)23-12-6-7-15(22)17(10-12)25(29)30/h2-7,10,16H,8-9,11H2,1H3,(H,23,26)(H,24,27). The number of halogens is 2. The molecule has 2 aromatic rings. The van der Waals surface area contributed by atoms with Gasteiger partial charge in [-0.3, -0.25) is 19.7 Å². The van der Waals surface area contributed by atoms with Gasteiger partial charge in [0.2, 0.25) is 5.82 Å². The minimum absolute atomic E-state index is 0.0369. The van der Waals surface area contributed by atoms with E-state index in [4.69, 9.17) is 16.3 Å². The quantitative estimate of drug-likeness (QED) is 0.301. The maximum atomic E-state index is 13.4. The van der Waals surface area contributed by atoms with Crippen LogP contribution in [0.5, 0.6) is 0 Å². The first kappa shape index (κ1) is 25.1. The van der Waals surface area contributed by atoms with Gasteiger partial charge in [-0.1, -0.05) is 23.7 Å². The Bertz CT molecular complexity index is 1020. The molecule has 0 spiro atoms. The number of nitrogens with zero attached hydrogens (tertiary/aromatic N) is 1. The highest BCUT2D eigenvalue weighted by Gasteiger charge is 2.24. The van der Waals surface area contributed by atoms with E-state index in [1.165, 1.54) is 23.9 Å². The van der Waals surface area contributed by atoms with Crippen molar-refractivity contribution < 1.29 is 28.4 Å². The summed E-state index contributed by atoms with van der Waals surface area (Å²) in [7, 11) is 0. The van der Waals surface area contributed by atoms with Gasteiger partial charge in [0, 0.05) is 11.8 Å². The fraction of sp³-hybridized carbons (Fsp3) is 0.250. The molecule has 0 bridgehead atoms. The SMILES string of the molecule is CSCCC(NC(=O)c1ccccc1Cl)C(=O)OCC(=O)Nc1ccc(F)c([N+](=O)[O-])c1. The Morgan fingerprint density at radius 3 is 2.62 bits per heavy atom. The van der Waals surface area contributed by atoms with Crippen LogP contribution in [0.2, 0.25) is 5.02 Å². The number of nitro groups is 1. The smallest absolute Gasteiger partial charge is 0.329 e. The van der Waals surface area contributed by atoms with E-state index in [1.54, 1.807) is 12.1 Å². The number of hydrogen-bond donors (Lipinski definition) is 2. The molecule has 0 aromatic heterocycles. The van der Waals surface area contributed by atoms with Crippen molar-refractivity contribution in [3.05, 3.63) is 69.0 Å².